The van der Waals surface area contributed by atoms with Gasteiger partial charge in [-0.05, 0) is 89.4 Å². The number of rotatable bonds is 7. The van der Waals surface area contributed by atoms with Crippen molar-refractivity contribution in [3.8, 4) is 39.5 Å². The maximum Gasteiger partial charge on any atom is 0.160 e. The van der Waals surface area contributed by atoms with E-state index >= 15 is 0 Å². The first-order chi connectivity index (χ1) is 31.6. The van der Waals surface area contributed by atoms with Gasteiger partial charge in [0.05, 0.1) is 38.0 Å². The van der Waals surface area contributed by atoms with E-state index < -0.39 is 0 Å². The number of para-hydroxylation sites is 2. The second-order valence-corrected chi connectivity index (χ2v) is 17.7. The molecule has 0 aliphatic rings. The summed E-state index contributed by atoms with van der Waals surface area (Å²) in [5, 5.41) is 7.38. The van der Waals surface area contributed by atoms with Crippen LogP contribution in [0.15, 0.2) is 201 Å². The fourth-order valence-electron chi connectivity index (χ4n) is 9.97. The van der Waals surface area contributed by atoms with Gasteiger partial charge in [-0.2, -0.15) is 0 Å². The molecule has 0 radical (unpaired) electrons. The van der Waals surface area contributed by atoms with Gasteiger partial charge in [-0.3, -0.25) is 0 Å². The Bertz CT molecular complexity index is 4000. The van der Waals surface area contributed by atoms with E-state index in [1.165, 1.54) is 76.1 Å². The van der Waals surface area contributed by atoms with Gasteiger partial charge in [0, 0.05) is 59.5 Å². The molecule has 4 nitrogen and oxygen atoms in total. The van der Waals surface area contributed by atoms with Crippen molar-refractivity contribution in [1.29, 1.82) is 0 Å². The molecule has 64 heavy (non-hydrogen) atoms. The quantitative estimate of drug-likeness (QED) is 0.150. The highest BCUT2D eigenvalue weighted by molar-refractivity contribution is 7.26. The molecule has 0 fully saturated rings. The van der Waals surface area contributed by atoms with Gasteiger partial charge in [-0.25, -0.2) is 9.97 Å². The summed E-state index contributed by atoms with van der Waals surface area (Å²) in [6.07, 6.45) is 4.40. The Balaban J connectivity index is 0.987. The summed E-state index contributed by atoms with van der Waals surface area (Å²) in [6.45, 7) is 6.68. The zero-order chi connectivity index (χ0) is 42.5. The number of thiophene rings is 1. The third-order valence-corrected chi connectivity index (χ3v) is 14.2. The van der Waals surface area contributed by atoms with E-state index in [4.69, 9.17) is 9.97 Å². The highest BCUT2D eigenvalue weighted by Gasteiger charge is 2.25. The Kier molecular flexibility index (Phi) is 8.11. The summed E-state index contributed by atoms with van der Waals surface area (Å²) in [6, 6.07) is 67.2. The Morgan fingerprint density at radius 1 is 0.547 bits per heavy atom. The molecule has 0 unspecified atom stereocenters. The predicted octanol–water partition coefficient (Wildman–Crippen LogP) is 16.0. The van der Waals surface area contributed by atoms with Crippen LogP contribution in [0, 0.1) is 6.92 Å². The maximum absolute atomic E-state index is 5.36. The van der Waals surface area contributed by atoms with Crippen molar-refractivity contribution in [2.75, 3.05) is 0 Å². The highest BCUT2D eigenvalue weighted by Crippen LogP contribution is 2.46. The summed E-state index contributed by atoms with van der Waals surface area (Å²) in [5.41, 5.74) is 16.8. The molecule has 5 aromatic heterocycles. The number of nitrogens with zero attached hydrogens (tertiary/aromatic N) is 4. The van der Waals surface area contributed by atoms with E-state index in [1.54, 1.807) is 11.3 Å². The van der Waals surface area contributed by atoms with Gasteiger partial charge in [-0.15, -0.1) is 11.3 Å². The summed E-state index contributed by atoms with van der Waals surface area (Å²) in [7, 11) is 0. The molecule has 0 saturated heterocycles. The smallest absolute Gasteiger partial charge is 0.160 e. The van der Waals surface area contributed by atoms with Crippen LogP contribution in [0.1, 0.15) is 16.8 Å². The van der Waals surface area contributed by atoms with Crippen molar-refractivity contribution in [3.63, 3.8) is 0 Å². The minimum absolute atomic E-state index is 0.713. The lowest BCUT2D eigenvalue weighted by Gasteiger charge is -2.11. The molecule has 0 N–H and O–H groups in total. The van der Waals surface area contributed by atoms with Crippen LogP contribution in [-0.4, -0.2) is 18.9 Å². The zero-order valence-electron chi connectivity index (χ0n) is 35.0. The molecular weight excluding hydrogens is 797 g/mol. The summed E-state index contributed by atoms with van der Waals surface area (Å²) >= 11 is 1.76. The third kappa shape index (κ3) is 5.48. The molecule has 0 saturated carbocycles. The molecule has 0 aliphatic heterocycles. The molecule has 13 aromatic rings. The Morgan fingerprint density at radius 2 is 1.17 bits per heavy atom. The van der Waals surface area contributed by atoms with Crippen molar-refractivity contribution >= 4 is 92.3 Å². The molecule has 0 spiro atoms. The van der Waals surface area contributed by atoms with Gasteiger partial charge in [0.25, 0.3) is 0 Å². The monoisotopic (exact) mass is 834 g/mol. The molecule has 300 valence electrons. The standard InChI is InChI=1S/C59H38N4S/c1-36(38-15-5-3-6-16-38)25-34-49-37(2)47-35-48-44-19-9-12-22-50(44)62(57(48)53-45-20-10-13-23-51(45)63(49)56(47)53)43-32-30-42(31-33-43)59-60-54(58-55(61-59)46-21-11-14-24-52(46)64-58)41-28-26-40(27-29-41)39-17-7-4-8-18-39/h3-35H,1H2,2H3/b34-25-. The van der Waals surface area contributed by atoms with E-state index in [0.29, 0.717) is 5.82 Å². The Labute approximate surface area is 373 Å². The van der Waals surface area contributed by atoms with Crippen LogP contribution in [0.4, 0.5) is 0 Å². The number of aryl methyl sites for hydroxylation is 1. The van der Waals surface area contributed by atoms with Gasteiger partial charge in [0.1, 0.15) is 0 Å². The number of hydrogen-bond acceptors (Lipinski definition) is 3. The van der Waals surface area contributed by atoms with Crippen molar-refractivity contribution in [2.24, 2.45) is 0 Å². The zero-order valence-corrected chi connectivity index (χ0v) is 35.8. The third-order valence-electron chi connectivity index (χ3n) is 13.1. The molecule has 0 atom stereocenters. The lowest BCUT2D eigenvalue weighted by atomic mass is 10.0. The van der Waals surface area contributed by atoms with Gasteiger partial charge < -0.3 is 8.97 Å². The van der Waals surface area contributed by atoms with Crippen LogP contribution in [0.3, 0.4) is 0 Å². The van der Waals surface area contributed by atoms with Crippen LogP contribution in [0.5, 0.6) is 0 Å². The highest BCUT2D eigenvalue weighted by atomic mass is 32.1. The molecule has 5 heteroatoms. The van der Waals surface area contributed by atoms with E-state index in [9.17, 15) is 0 Å². The predicted molar refractivity (Wildman–Crippen MR) is 272 cm³/mol. The Hall–Kier alpha value is -8.12. The van der Waals surface area contributed by atoms with E-state index in [1.807, 2.05) is 6.07 Å². The molecule has 5 heterocycles. The molecule has 0 aliphatic carbocycles. The van der Waals surface area contributed by atoms with Crippen LogP contribution in [0.2, 0.25) is 0 Å². The summed E-state index contributed by atoms with van der Waals surface area (Å²) in [5.74, 6) is 0.713. The van der Waals surface area contributed by atoms with Crippen molar-refractivity contribution < 1.29 is 0 Å². The van der Waals surface area contributed by atoms with E-state index in [-0.39, 0.29) is 0 Å². The maximum atomic E-state index is 5.36. The second kappa shape index (κ2) is 14.2. The van der Waals surface area contributed by atoms with Crippen LogP contribution in [-0.2, 0) is 0 Å². The minimum atomic E-state index is 0.713. The fourth-order valence-corrected chi connectivity index (χ4v) is 11.1. The summed E-state index contributed by atoms with van der Waals surface area (Å²) < 4.78 is 7.23. The summed E-state index contributed by atoms with van der Waals surface area (Å²) in [4.78, 5) is 10.7. The first kappa shape index (κ1) is 36.5. The largest absolute Gasteiger partial charge is 0.309 e. The molecular formula is C59H38N4S. The lowest BCUT2D eigenvalue weighted by Crippen LogP contribution is -1.96. The Morgan fingerprint density at radius 3 is 1.95 bits per heavy atom. The second-order valence-electron chi connectivity index (χ2n) is 16.6. The van der Waals surface area contributed by atoms with Gasteiger partial charge in [-0.1, -0.05) is 152 Å². The normalized spacial score (nSPS) is 12.1. The van der Waals surface area contributed by atoms with Gasteiger partial charge in [0.2, 0.25) is 0 Å². The first-order valence-corrected chi connectivity index (χ1v) is 22.5. The number of aromatic nitrogens is 4. The first-order valence-electron chi connectivity index (χ1n) is 21.7. The van der Waals surface area contributed by atoms with Crippen LogP contribution < -0.4 is 0 Å². The van der Waals surface area contributed by atoms with E-state index in [0.717, 1.165) is 49.2 Å². The average Bonchev–Trinajstić information content (AvgIpc) is 4.09. The number of allylic oxidation sites excluding steroid dienone is 2. The van der Waals surface area contributed by atoms with Gasteiger partial charge in [0.15, 0.2) is 5.82 Å². The number of benzene rings is 8. The lowest BCUT2D eigenvalue weighted by molar-refractivity contribution is 1.18. The average molecular weight is 835 g/mol. The van der Waals surface area contributed by atoms with E-state index in [2.05, 4.69) is 217 Å². The topological polar surface area (TPSA) is 35.1 Å². The van der Waals surface area contributed by atoms with Crippen LogP contribution in [0.25, 0.3) is 120 Å². The number of hydrogen-bond donors (Lipinski definition) is 0. The molecule has 13 rings (SSSR count). The van der Waals surface area contributed by atoms with Crippen molar-refractivity contribution in [3.05, 3.63) is 218 Å². The minimum Gasteiger partial charge on any atom is -0.309 e. The molecule has 0 bridgehead atoms. The SMILES string of the molecule is C=C(/C=C\c1c(C)c2cc3c4ccccc4n(-c4ccc(-c5nc(-c6ccc(-c7ccccc7)cc6)c6sc7ccccc7c6n5)cc4)c3c3c4ccccc4n1c23)c1ccccc1. The van der Waals surface area contributed by atoms with Crippen molar-refractivity contribution in [2.45, 2.75) is 6.92 Å². The fraction of sp³-hybridized carbons (Fsp3) is 0.0169. The van der Waals surface area contributed by atoms with Gasteiger partial charge >= 0.3 is 0 Å². The molecule has 8 aromatic carbocycles. The van der Waals surface area contributed by atoms with Crippen LogP contribution >= 0.6 is 11.3 Å². The van der Waals surface area contributed by atoms with Crippen molar-refractivity contribution in [1.82, 2.24) is 18.9 Å². The molecule has 0 amide bonds. The number of fused-ring (bicyclic) bond motifs is 10.